The van der Waals surface area contributed by atoms with Gasteiger partial charge in [-0.2, -0.15) is 0 Å². The predicted octanol–water partition coefficient (Wildman–Crippen LogP) is 4.95. The third kappa shape index (κ3) is 5.63. The minimum atomic E-state index is -2.94. The summed E-state index contributed by atoms with van der Waals surface area (Å²) in [5.41, 5.74) is 2.19. The van der Waals surface area contributed by atoms with Crippen LogP contribution in [0.2, 0.25) is 0 Å². The van der Waals surface area contributed by atoms with Gasteiger partial charge in [-0.15, -0.1) is 0 Å². The summed E-state index contributed by atoms with van der Waals surface area (Å²) in [6, 6.07) is 12.2. The Morgan fingerprint density at radius 2 is 1.97 bits per heavy atom. The van der Waals surface area contributed by atoms with Crippen LogP contribution in [0, 0.1) is 24.5 Å². The number of ether oxygens (including phenoxy) is 1. The first-order chi connectivity index (χ1) is 18.4. The monoisotopic (exact) mass is 506 g/mol. The lowest BCUT2D eigenvalue weighted by Gasteiger charge is -2.42. The van der Waals surface area contributed by atoms with Gasteiger partial charge in [0, 0.05) is 43.2 Å². The number of aromatic nitrogens is 1. The molecule has 36 heavy (non-hydrogen) atoms. The Bertz CT molecular complexity index is 1280. The molecule has 2 aromatic carbocycles. The van der Waals surface area contributed by atoms with Crippen molar-refractivity contribution in [3.63, 3.8) is 0 Å². The van der Waals surface area contributed by atoms with Crippen LogP contribution in [0.3, 0.4) is 0 Å². The predicted molar refractivity (Wildman–Crippen MR) is 130 cm³/mol. The topological polar surface area (TPSA) is 57.6 Å². The summed E-state index contributed by atoms with van der Waals surface area (Å²) >= 11 is 0. The second kappa shape index (κ2) is 11.3. The lowest BCUT2D eigenvalue weighted by Crippen LogP contribution is -2.55. The van der Waals surface area contributed by atoms with Crippen LogP contribution in [0.15, 0.2) is 54.7 Å². The molecule has 1 unspecified atom stereocenters. The Kier molecular flexibility index (Phi) is 6.90. The standard InChI is InChI=1S/C27H29F4N3O2/c1-16-10-23(18-11-21(29)25(36-2)12-20(18)28)33-14-24(16)34-9-8-22(19(15-34)26(35)27(30)31)32-13-17-6-4-3-5-7-17/h3-7,10-12,14,19,22,26-27,32,35H,8-9,13,15H2,1-2H3/t19?,22-,26+/m1/s1/i2D3. The summed E-state index contributed by atoms with van der Waals surface area (Å²) in [6.07, 6.45) is -2.79. The van der Waals surface area contributed by atoms with E-state index in [1.165, 1.54) is 12.3 Å². The van der Waals surface area contributed by atoms with E-state index in [-0.39, 0.29) is 23.8 Å². The molecule has 2 heterocycles. The smallest absolute Gasteiger partial charge is 0.264 e. The van der Waals surface area contributed by atoms with Gasteiger partial charge in [0.2, 0.25) is 0 Å². The van der Waals surface area contributed by atoms with Crippen LogP contribution in [-0.4, -0.2) is 48.8 Å². The number of anilines is 1. The van der Waals surface area contributed by atoms with Gasteiger partial charge in [-0.05, 0) is 36.6 Å². The summed E-state index contributed by atoms with van der Waals surface area (Å²) in [4.78, 5) is 6.12. The number of alkyl halides is 2. The second-order valence-corrected chi connectivity index (χ2v) is 8.92. The number of rotatable bonds is 8. The van der Waals surface area contributed by atoms with Gasteiger partial charge in [0.1, 0.15) is 11.9 Å². The molecule has 3 atom stereocenters. The van der Waals surface area contributed by atoms with Crippen molar-refractivity contribution >= 4 is 5.69 Å². The first-order valence-corrected chi connectivity index (χ1v) is 11.6. The fraction of sp³-hybridized carbons (Fsp3) is 0.370. The third-order valence-corrected chi connectivity index (χ3v) is 6.60. The molecule has 1 aromatic heterocycles. The van der Waals surface area contributed by atoms with E-state index in [1.54, 1.807) is 6.92 Å². The van der Waals surface area contributed by atoms with Gasteiger partial charge in [0.25, 0.3) is 6.43 Å². The minimum absolute atomic E-state index is 0.108. The van der Waals surface area contributed by atoms with E-state index in [0.717, 1.165) is 11.6 Å². The molecule has 192 valence electrons. The largest absolute Gasteiger partial charge is 0.494 e. The van der Waals surface area contributed by atoms with E-state index in [9.17, 15) is 22.7 Å². The molecule has 4 rings (SSSR count). The van der Waals surface area contributed by atoms with Gasteiger partial charge < -0.3 is 20.1 Å². The molecule has 0 spiro atoms. The van der Waals surface area contributed by atoms with Gasteiger partial charge in [0.15, 0.2) is 11.6 Å². The van der Waals surface area contributed by atoms with Gasteiger partial charge in [0.05, 0.1) is 28.7 Å². The minimum Gasteiger partial charge on any atom is -0.494 e. The quantitative estimate of drug-likeness (QED) is 0.424. The molecular weight excluding hydrogens is 474 g/mol. The average molecular weight is 507 g/mol. The maximum Gasteiger partial charge on any atom is 0.264 e. The van der Waals surface area contributed by atoms with Gasteiger partial charge in [-0.25, -0.2) is 17.6 Å². The average Bonchev–Trinajstić information content (AvgIpc) is 2.88. The Hall–Kier alpha value is -3.17. The van der Waals surface area contributed by atoms with Crippen LogP contribution in [-0.2, 0) is 6.54 Å². The molecule has 1 saturated heterocycles. The number of halogens is 4. The van der Waals surface area contributed by atoms with Crippen LogP contribution in [0.25, 0.3) is 11.3 Å². The van der Waals surface area contributed by atoms with Crippen LogP contribution in [0.4, 0.5) is 23.2 Å². The number of pyridine rings is 1. The molecule has 0 saturated carbocycles. The van der Waals surface area contributed by atoms with Crippen LogP contribution < -0.4 is 15.0 Å². The van der Waals surface area contributed by atoms with Crippen molar-refractivity contribution in [1.82, 2.24) is 10.3 Å². The number of aryl methyl sites for hydroxylation is 1. The van der Waals surface area contributed by atoms with Gasteiger partial charge in [-0.3, -0.25) is 4.98 Å². The highest BCUT2D eigenvalue weighted by Crippen LogP contribution is 2.33. The molecule has 0 aliphatic carbocycles. The molecular formula is C27H29F4N3O2. The number of aliphatic hydroxyl groups is 1. The van der Waals surface area contributed by atoms with E-state index >= 15 is 0 Å². The molecule has 1 aliphatic rings. The number of benzene rings is 2. The van der Waals surface area contributed by atoms with Crippen molar-refractivity contribution in [3.05, 3.63) is 77.5 Å². The first-order valence-electron chi connectivity index (χ1n) is 13.1. The number of nitrogens with zero attached hydrogens (tertiary/aromatic N) is 2. The van der Waals surface area contributed by atoms with Crippen LogP contribution in [0.5, 0.6) is 5.75 Å². The molecule has 0 radical (unpaired) electrons. The summed E-state index contributed by atoms with van der Waals surface area (Å²) in [6.45, 7) is 2.86. The zero-order valence-electron chi connectivity index (χ0n) is 22.6. The van der Waals surface area contributed by atoms with Crippen molar-refractivity contribution in [2.45, 2.75) is 38.5 Å². The number of methoxy groups -OCH3 is 1. The number of hydrogen-bond acceptors (Lipinski definition) is 5. The highest BCUT2D eigenvalue weighted by molar-refractivity contribution is 5.66. The van der Waals surface area contributed by atoms with E-state index in [2.05, 4.69) is 15.0 Å². The number of aliphatic hydroxyl groups excluding tert-OH is 1. The van der Waals surface area contributed by atoms with Crippen LogP contribution >= 0.6 is 0 Å². The lowest BCUT2D eigenvalue weighted by molar-refractivity contribution is -0.0497. The van der Waals surface area contributed by atoms with Gasteiger partial charge >= 0.3 is 0 Å². The molecule has 1 aliphatic heterocycles. The highest BCUT2D eigenvalue weighted by atomic mass is 19.3. The van der Waals surface area contributed by atoms with E-state index in [1.807, 2.05) is 35.2 Å². The number of piperidine rings is 1. The zero-order valence-corrected chi connectivity index (χ0v) is 19.6. The summed E-state index contributed by atoms with van der Waals surface area (Å²) in [7, 11) is -2.94. The van der Waals surface area contributed by atoms with E-state index in [0.29, 0.717) is 36.8 Å². The molecule has 0 bridgehead atoms. The van der Waals surface area contributed by atoms with Gasteiger partial charge in [-0.1, -0.05) is 30.3 Å². The Labute approximate surface area is 212 Å². The van der Waals surface area contributed by atoms with E-state index in [4.69, 9.17) is 4.11 Å². The fourth-order valence-electron chi connectivity index (χ4n) is 4.66. The maximum absolute atomic E-state index is 14.7. The summed E-state index contributed by atoms with van der Waals surface area (Å²) < 4.78 is 82.1. The zero-order chi connectivity index (χ0) is 28.3. The number of nitrogens with one attached hydrogen (secondary N) is 1. The normalized spacial score (nSPS) is 20.5. The Balaban J connectivity index is 1.53. The van der Waals surface area contributed by atoms with E-state index < -0.39 is 42.9 Å². The molecule has 3 aromatic rings. The van der Waals surface area contributed by atoms with Crippen molar-refractivity contribution < 1.29 is 31.5 Å². The summed E-state index contributed by atoms with van der Waals surface area (Å²) in [5, 5.41) is 13.7. The van der Waals surface area contributed by atoms with Crippen molar-refractivity contribution in [2.24, 2.45) is 5.92 Å². The SMILES string of the molecule is [2H]C([2H])([2H])Oc1cc(F)c(-c2cc(C)c(N3CC[C@@H](NCc4ccccc4)C([C@H](O)C(F)F)C3)cn2)cc1F. The third-order valence-electron chi connectivity index (χ3n) is 6.60. The Morgan fingerprint density at radius 3 is 2.67 bits per heavy atom. The van der Waals surface area contributed by atoms with Crippen LogP contribution in [0.1, 0.15) is 21.7 Å². The molecule has 5 nitrogen and oxygen atoms in total. The van der Waals surface area contributed by atoms with Crippen molar-refractivity contribution in [3.8, 4) is 17.0 Å². The molecule has 0 amide bonds. The van der Waals surface area contributed by atoms with Crippen molar-refractivity contribution in [1.29, 1.82) is 0 Å². The maximum atomic E-state index is 14.7. The Morgan fingerprint density at radius 1 is 1.19 bits per heavy atom. The molecule has 2 N–H and O–H groups in total. The summed E-state index contributed by atoms with van der Waals surface area (Å²) in [5.74, 6) is -3.48. The highest BCUT2D eigenvalue weighted by Gasteiger charge is 2.38. The lowest BCUT2D eigenvalue weighted by atomic mass is 9.86. The van der Waals surface area contributed by atoms with Crippen molar-refractivity contribution in [2.75, 3.05) is 25.0 Å². The second-order valence-electron chi connectivity index (χ2n) is 8.92. The fourth-order valence-corrected chi connectivity index (χ4v) is 4.66. The first kappa shape index (κ1) is 22.1. The molecule has 1 fully saturated rings. The molecule has 9 heteroatoms. The number of hydrogen-bond donors (Lipinski definition) is 2.